The minimum atomic E-state index is -0.366. The van der Waals surface area contributed by atoms with E-state index in [2.05, 4.69) is 10.5 Å². The van der Waals surface area contributed by atoms with E-state index in [1.54, 1.807) is 11.8 Å². The van der Waals surface area contributed by atoms with Crippen LogP contribution >= 0.6 is 11.8 Å². The number of amides is 1. The first-order chi connectivity index (χ1) is 6.65. The fraction of sp³-hybridized carbons (Fsp3) is 0.750. The monoisotopic (exact) mass is 219 g/mol. The van der Waals surface area contributed by atoms with E-state index in [1.165, 1.54) is 0 Å². The van der Waals surface area contributed by atoms with Crippen molar-refractivity contribution in [3.8, 4) is 0 Å². The molecule has 1 amide bonds. The number of hydrogen-bond acceptors (Lipinski definition) is 4. The lowest BCUT2D eigenvalue weighted by Crippen LogP contribution is -2.44. The minimum absolute atomic E-state index is 0.0463. The summed E-state index contributed by atoms with van der Waals surface area (Å²) in [6.45, 7) is 1.86. The molecule has 0 aromatic rings. The molecule has 0 heterocycles. The summed E-state index contributed by atoms with van der Waals surface area (Å²) in [5, 5.41) is 14.0. The molecule has 0 fully saturated rings. The first-order valence-corrected chi connectivity index (χ1v) is 5.80. The van der Waals surface area contributed by atoms with Gasteiger partial charge in [-0.1, -0.05) is 12.1 Å². The van der Waals surface area contributed by atoms with Crippen LogP contribution < -0.4 is 11.1 Å². The summed E-state index contributed by atoms with van der Waals surface area (Å²) >= 11 is 1.61. The van der Waals surface area contributed by atoms with Crippen molar-refractivity contribution in [1.82, 2.24) is 5.32 Å². The van der Waals surface area contributed by atoms with Gasteiger partial charge in [-0.2, -0.15) is 11.8 Å². The van der Waals surface area contributed by atoms with Gasteiger partial charge in [0.05, 0.1) is 6.04 Å². The Hall–Kier alpha value is -0.910. The van der Waals surface area contributed by atoms with Crippen molar-refractivity contribution in [3.63, 3.8) is 0 Å². The van der Waals surface area contributed by atoms with Gasteiger partial charge in [-0.25, -0.2) is 0 Å². The summed E-state index contributed by atoms with van der Waals surface area (Å²) in [5.74, 6) is 0.751. The van der Waals surface area contributed by atoms with Gasteiger partial charge < -0.3 is 16.3 Å². The van der Waals surface area contributed by atoms with Gasteiger partial charge >= 0.3 is 0 Å². The summed E-state index contributed by atoms with van der Waals surface area (Å²) in [6, 6.07) is -0.366. The Labute approximate surface area is 88.1 Å². The molecule has 1 unspecified atom stereocenters. The Bertz CT molecular complexity index is 209. The molecule has 5 nitrogen and oxygen atoms in total. The predicted octanol–water partition coefficient (Wildman–Crippen LogP) is 0.381. The van der Waals surface area contributed by atoms with Gasteiger partial charge in [0.1, 0.15) is 0 Å². The van der Waals surface area contributed by atoms with Gasteiger partial charge in [-0.15, -0.1) is 0 Å². The quantitative estimate of drug-likeness (QED) is 0.261. The molecule has 0 aliphatic heterocycles. The number of nitrogens with one attached hydrogen (secondary N) is 1. The molecule has 82 valence electrons. The highest BCUT2D eigenvalue weighted by Gasteiger charge is 2.13. The van der Waals surface area contributed by atoms with Crippen LogP contribution in [0.3, 0.4) is 0 Å². The fourth-order valence-electron chi connectivity index (χ4n) is 0.916. The number of carbonyl (C=O) groups excluding carboxylic acids is 1. The molecular formula is C8H17N3O2S. The molecule has 0 saturated carbocycles. The Morgan fingerprint density at radius 1 is 1.71 bits per heavy atom. The van der Waals surface area contributed by atoms with Crippen LogP contribution in [0.25, 0.3) is 0 Å². The number of rotatable bonds is 6. The SMILES string of the molecule is CCC(NC(=O)CCSC)C(N)=NO. The summed E-state index contributed by atoms with van der Waals surface area (Å²) in [6.07, 6.45) is 3.01. The second-order valence-electron chi connectivity index (χ2n) is 2.80. The van der Waals surface area contributed by atoms with Crippen LogP contribution in [-0.4, -0.2) is 35.0 Å². The van der Waals surface area contributed by atoms with Crippen LogP contribution in [0.2, 0.25) is 0 Å². The van der Waals surface area contributed by atoms with Crippen molar-refractivity contribution >= 4 is 23.5 Å². The number of amidine groups is 1. The smallest absolute Gasteiger partial charge is 0.221 e. The standard InChI is InChI=1S/C8H17N3O2S/c1-3-6(8(9)11-13)10-7(12)4-5-14-2/h6,13H,3-5H2,1-2H3,(H2,9,11)(H,10,12). The fourth-order valence-corrected chi connectivity index (χ4v) is 1.31. The van der Waals surface area contributed by atoms with Gasteiger partial charge in [-0.3, -0.25) is 4.79 Å². The number of hydrogen-bond donors (Lipinski definition) is 3. The zero-order valence-corrected chi connectivity index (χ0v) is 9.30. The van der Waals surface area contributed by atoms with Crippen LogP contribution in [0.1, 0.15) is 19.8 Å². The Morgan fingerprint density at radius 3 is 2.79 bits per heavy atom. The van der Waals surface area contributed by atoms with E-state index in [0.29, 0.717) is 12.8 Å². The topological polar surface area (TPSA) is 87.7 Å². The maximum absolute atomic E-state index is 11.3. The summed E-state index contributed by atoms with van der Waals surface area (Å²) in [7, 11) is 0. The third-order valence-corrected chi connectivity index (χ3v) is 2.36. The molecule has 14 heavy (non-hydrogen) atoms. The van der Waals surface area contributed by atoms with Crippen molar-refractivity contribution in [2.75, 3.05) is 12.0 Å². The molecule has 0 rings (SSSR count). The molecule has 1 atom stereocenters. The maximum atomic E-state index is 11.3. The third kappa shape index (κ3) is 4.96. The van der Waals surface area contributed by atoms with E-state index in [-0.39, 0.29) is 17.8 Å². The maximum Gasteiger partial charge on any atom is 0.221 e. The molecule has 0 aromatic heterocycles. The summed E-state index contributed by atoms with van der Waals surface area (Å²) in [5.41, 5.74) is 5.38. The summed E-state index contributed by atoms with van der Waals surface area (Å²) in [4.78, 5) is 11.3. The van der Waals surface area contributed by atoms with E-state index in [1.807, 2.05) is 13.2 Å². The Morgan fingerprint density at radius 2 is 2.36 bits per heavy atom. The van der Waals surface area contributed by atoms with Crippen LogP contribution in [0, 0.1) is 0 Å². The molecule has 0 aliphatic carbocycles. The number of nitrogens with zero attached hydrogens (tertiary/aromatic N) is 1. The second-order valence-corrected chi connectivity index (χ2v) is 3.78. The van der Waals surface area contributed by atoms with Gasteiger partial charge in [0.2, 0.25) is 5.91 Å². The van der Waals surface area contributed by atoms with Crippen LogP contribution in [0.5, 0.6) is 0 Å². The normalized spacial score (nSPS) is 13.7. The van der Waals surface area contributed by atoms with Crippen molar-refractivity contribution in [3.05, 3.63) is 0 Å². The lowest BCUT2D eigenvalue weighted by molar-refractivity contribution is -0.121. The first-order valence-electron chi connectivity index (χ1n) is 4.41. The van der Waals surface area contributed by atoms with Crippen molar-refractivity contribution in [1.29, 1.82) is 0 Å². The van der Waals surface area contributed by atoms with Gasteiger partial charge in [0.25, 0.3) is 0 Å². The first kappa shape index (κ1) is 13.1. The molecule has 6 heteroatoms. The Balaban J connectivity index is 3.99. The Kier molecular flexibility index (Phi) is 7.00. The second kappa shape index (κ2) is 7.49. The number of oxime groups is 1. The molecule has 0 radical (unpaired) electrons. The number of nitrogens with two attached hydrogens (primary N) is 1. The van der Waals surface area contributed by atoms with Gasteiger partial charge in [-0.05, 0) is 12.7 Å². The molecule has 0 aromatic carbocycles. The zero-order valence-electron chi connectivity index (χ0n) is 8.49. The highest BCUT2D eigenvalue weighted by atomic mass is 32.2. The van der Waals surface area contributed by atoms with E-state index in [0.717, 1.165) is 5.75 Å². The van der Waals surface area contributed by atoms with Crippen LogP contribution in [-0.2, 0) is 4.79 Å². The van der Waals surface area contributed by atoms with Crippen molar-refractivity contribution in [2.45, 2.75) is 25.8 Å². The van der Waals surface area contributed by atoms with Crippen molar-refractivity contribution in [2.24, 2.45) is 10.9 Å². The van der Waals surface area contributed by atoms with E-state index >= 15 is 0 Å². The molecular weight excluding hydrogens is 202 g/mol. The molecule has 0 spiro atoms. The number of carbonyl (C=O) groups is 1. The molecule has 0 saturated heterocycles. The molecule has 0 aliphatic rings. The van der Waals surface area contributed by atoms with Gasteiger partial charge in [0, 0.05) is 12.2 Å². The van der Waals surface area contributed by atoms with Crippen LogP contribution in [0.4, 0.5) is 0 Å². The predicted molar refractivity (Wildman–Crippen MR) is 58.6 cm³/mol. The average Bonchev–Trinajstić information content (AvgIpc) is 2.21. The lowest BCUT2D eigenvalue weighted by atomic mass is 10.2. The highest BCUT2D eigenvalue weighted by molar-refractivity contribution is 7.98. The molecule has 0 bridgehead atoms. The lowest BCUT2D eigenvalue weighted by Gasteiger charge is -2.14. The zero-order chi connectivity index (χ0) is 11.0. The van der Waals surface area contributed by atoms with E-state index in [9.17, 15) is 4.79 Å². The van der Waals surface area contributed by atoms with E-state index in [4.69, 9.17) is 10.9 Å². The van der Waals surface area contributed by atoms with Crippen molar-refractivity contribution < 1.29 is 10.0 Å². The van der Waals surface area contributed by atoms with E-state index < -0.39 is 0 Å². The molecule has 4 N–H and O–H groups in total. The summed E-state index contributed by atoms with van der Waals surface area (Å²) < 4.78 is 0. The average molecular weight is 219 g/mol. The third-order valence-electron chi connectivity index (χ3n) is 1.75. The van der Waals surface area contributed by atoms with Gasteiger partial charge in [0.15, 0.2) is 5.84 Å². The van der Waals surface area contributed by atoms with Crippen LogP contribution in [0.15, 0.2) is 5.16 Å². The number of thioether (sulfide) groups is 1. The minimum Gasteiger partial charge on any atom is -0.409 e. The largest absolute Gasteiger partial charge is 0.409 e. The highest BCUT2D eigenvalue weighted by Crippen LogP contribution is 1.97.